The number of para-hydroxylation sites is 1. The van der Waals surface area contributed by atoms with E-state index in [1.165, 1.54) is 0 Å². The summed E-state index contributed by atoms with van der Waals surface area (Å²) in [7, 11) is 0. The van der Waals surface area contributed by atoms with Gasteiger partial charge in [0.2, 0.25) is 11.8 Å². The first-order chi connectivity index (χ1) is 10.1. The number of aryl methyl sites for hydroxylation is 1. The largest absolute Gasteiger partial charge is 0.369 e. The van der Waals surface area contributed by atoms with Crippen LogP contribution >= 0.6 is 0 Å². The van der Waals surface area contributed by atoms with Crippen molar-refractivity contribution in [3.8, 4) is 0 Å². The minimum absolute atomic E-state index is 0.171. The van der Waals surface area contributed by atoms with Crippen LogP contribution in [0.1, 0.15) is 36.5 Å². The number of benzene rings is 1. The van der Waals surface area contributed by atoms with Crippen LogP contribution in [0.2, 0.25) is 0 Å². The molecule has 1 aromatic carbocycles. The first-order valence-corrected chi connectivity index (χ1v) is 7.00. The number of hydrogen-bond acceptors (Lipinski definition) is 5. The zero-order valence-corrected chi connectivity index (χ0v) is 12.1. The molecule has 1 amide bonds. The van der Waals surface area contributed by atoms with Gasteiger partial charge in [-0.3, -0.25) is 4.79 Å². The molecule has 6 nitrogen and oxygen atoms in total. The Hall–Kier alpha value is -2.37. The van der Waals surface area contributed by atoms with Crippen LogP contribution in [0.4, 0.5) is 5.69 Å². The van der Waals surface area contributed by atoms with Crippen molar-refractivity contribution in [2.24, 2.45) is 5.73 Å². The molecular weight excluding hydrogens is 268 g/mol. The average Bonchev–Trinajstić information content (AvgIpc) is 2.87. The molecule has 0 radical (unpaired) electrons. The smallest absolute Gasteiger partial charge is 0.246 e. The quantitative estimate of drug-likeness (QED) is 0.929. The molecule has 2 aromatic rings. The van der Waals surface area contributed by atoms with Crippen LogP contribution in [0, 0.1) is 6.92 Å². The fraction of sp³-hybridized carbons (Fsp3) is 0.400. The minimum atomic E-state index is -0.275. The van der Waals surface area contributed by atoms with Gasteiger partial charge in [0.25, 0.3) is 0 Å². The normalized spacial score (nSPS) is 21.1. The first kappa shape index (κ1) is 13.6. The molecule has 0 fully saturated rings. The molecule has 0 bridgehead atoms. The van der Waals surface area contributed by atoms with Crippen LogP contribution in [0.5, 0.6) is 0 Å². The summed E-state index contributed by atoms with van der Waals surface area (Å²) in [6.07, 6.45) is 0.694. The second-order valence-electron chi connectivity index (χ2n) is 5.46. The molecular formula is C15H18N4O2. The maximum atomic E-state index is 11.7. The number of anilines is 1. The van der Waals surface area contributed by atoms with Gasteiger partial charge >= 0.3 is 0 Å². The lowest BCUT2D eigenvalue weighted by atomic mass is 9.85. The second-order valence-corrected chi connectivity index (χ2v) is 5.46. The molecule has 0 aliphatic carbocycles. The highest BCUT2D eigenvalue weighted by atomic mass is 16.5. The van der Waals surface area contributed by atoms with Crippen molar-refractivity contribution < 1.29 is 9.32 Å². The van der Waals surface area contributed by atoms with Crippen LogP contribution in [-0.4, -0.2) is 22.1 Å². The third-order valence-corrected chi connectivity index (χ3v) is 3.95. The highest BCUT2D eigenvalue weighted by Gasteiger charge is 2.33. The Balaban J connectivity index is 1.97. The zero-order valence-electron chi connectivity index (χ0n) is 12.1. The van der Waals surface area contributed by atoms with Crippen molar-refractivity contribution in [3.05, 3.63) is 41.5 Å². The minimum Gasteiger partial charge on any atom is -0.369 e. The van der Waals surface area contributed by atoms with Gasteiger partial charge in [-0.2, -0.15) is 4.98 Å². The lowest BCUT2D eigenvalue weighted by molar-refractivity contribution is -0.119. The summed E-state index contributed by atoms with van der Waals surface area (Å²) >= 11 is 0. The summed E-state index contributed by atoms with van der Waals surface area (Å²) < 4.78 is 5.21. The predicted molar refractivity (Wildman–Crippen MR) is 77.7 cm³/mol. The molecule has 0 saturated carbocycles. The van der Waals surface area contributed by atoms with E-state index >= 15 is 0 Å². The molecule has 6 heteroatoms. The highest BCUT2D eigenvalue weighted by molar-refractivity contribution is 5.85. The van der Waals surface area contributed by atoms with E-state index < -0.39 is 0 Å². The number of amides is 1. The van der Waals surface area contributed by atoms with Gasteiger partial charge in [0.05, 0.1) is 12.5 Å². The number of carbonyl (C=O) groups is 1. The van der Waals surface area contributed by atoms with Gasteiger partial charge in [-0.1, -0.05) is 23.4 Å². The van der Waals surface area contributed by atoms with E-state index in [4.69, 9.17) is 10.3 Å². The number of aromatic nitrogens is 2. The Bertz CT molecular complexity index is 667. The summed E-state index contributed by atoms with van der Waals surface area (Å²) in [4.78, 5) is 18.1. The van der Waals surface area contributed by atoms with E-state index in [9.17, 15) is 4.79 Å². The lowest BCUT2D eigenvalue weighted by Gasteiger charge is -2.39. The third kappa shape index (κ3) is 2.49. The molecule has 21 heavy (non-hydrogen) atoms. The standard InChI is InChI=1S/C15H18N4O2/c1-9-7-12(15(16)20)11-5-3-4-6-13(11)19(9)8-14-17-10(2)18-21-14/h3-6,9,12H,7-8H2,1-2H3,(H2,16,20)/t9-,12-/m0/s1. The zero-order chi connectivity index (χ0) is 15.0. The third-order valence-electron chi connectivity index (χ3n) is 3.95. The van der Waals surface area contributed by atoms with Gasteiger partial charge in [-0.05, 0) is 31.9 Å². The number of nitrogens with zero attached hydrogens (tertiary/aromatic N) is 3. The van der Waals surface area contributed by atoms with Crippen molar-refractivity contribution in [2.75, 3.05) is 4.90 Å². The Labute approximate surface area is 122 Å². The molecule has 1 aliphatic rings. The first-order valence-electron chi connectivity index (χ1n) is 7.00. The van der Waals surface area contributed by atoms with Crippen molar-refractivity contribution in [1.29, 1.82) is 0 Å². The summed E-state index contributed by atoms with van der Waals surface area (Å²) in [6.45, 7) is 4.41. The van der Waals surface area contributed by atoms with Gasteiger partial charge in [0, 0.05) is 11.7 Å². The SMILES string of the molecule is Cc1noc(CN2c3ccccc3[C@@H](C(N)=O)C[C@@H]2C)n1. The molecule has 2 N–H and O–H groups in total. The highest BCUT2D eigenvalue weighted by Crippen LogP contribution is 2.38. The fourth-order valence-electron chi connectivity index (χ4n) is 2.94. The number of fused-ring (bicyclic) bond motifs is 1. The van der Waals surface area contributed by atoms with E-state index in [0.717, 1.165) is 11.3 Å². The number of rotatable bonds is 3. The molecule has 0 unspecified atom stereocenters. The van der Waals surface area contributed by atoms with Crippen molar-refractivity contribution in [2.45, 2.75) is 38.8 Å². The van der Waals surface area contributed by atoms with Gasteiger partial charge in [0.1, 0.15) is 0 Å². The molecule has 1 aliphatic heterocycles. The number of carbonyl (C=O) groups excluding carboxylic acids is 1. The predicted octanol–water partition coefficient (Wildman–Crippen LogP) is 1.75. The van der Waals surface area contributed by atoms with Gasteiger partial charge < -0.3 is 15.2 Å². The van der Waals surface area contributed by atoms with Crippen LogP contribution in [0.3, 0.4) is 0 Å². The lowest BCUT2D eigenvalue weighted by Crippen LogP contribution is -2.41. The summed E-state index contributed by atoms with van der Waals surface area (Å²) in [6, 6.07) is 8.03. The van der Waals surface area contributed by atoms with Gasteiger partial charge in [-0.25, -0.2) is 0 Å². The van der Waals surface area contributed by atoms with E-state index in [2.05, 4.69) is 22.0 Å². The van der Waals surface area contributed by atoms with Crippen LogP contribution in [0.15, 0.2) is 28.8 Å². The van der Waals surface area contributed by atoms with Crippen molar-refractivity contribution >= 4 is 11.6 Å². The average molecular weight is 286 g/mol. The second kappa shape index (κ2) is 5.20. The maximum absolute atomic E-state index is 11.7. The van der Waals surface area contributed by atoms with E-state index in [0.29, 0.717) is 24.7 Å². The number of hydrogen-bond donors (Lipinski definition) is 1. The summed E-state index contributed by atoms with van der Waals surface area (Å²) in [5, 5.41) is 3.82. The van der Waals surface area contributed by atoms with Crippen LogP contribution in [-0.2, 0) is 11.3 Å². The van der Waals surface area contributed by atoms with E-state index in [1.54, 1.807) is 6.92 Å². The molecule has 110 valence electrons. The molecule has 1 aromatic heterocycles. The topological polar surface area (TPSA) is 85.3 Å². The Morgan fingerprint density at radius 1 is 1.48 bits per heavy atom. The summed E-state index contributed by atoms with van der Waals surface area (Å²) in [5.74, 6) is 0.684. The molecule has 2 heterocycles. The van der Waals surface area contributed by atoms with Crippen LogP contribution < -0.4 is 10.6 Å². The molecule has 3 rings (SSSR count). The molecule has 0 saturated heterocycles. The molecule has 0 spiro atoms. The maximum Gasteiger partial charge on any atom is 0.246 e. The monoisotopic (exact) mass is 286 g/mol. The fourth-order valence-corrected chi connectivity index (χ4v) is 2.94. The van der Waals surface area contributed by atoms with Crippen LogP contribution in [0.25, 0.3) is 0 Å². The van der Waals surface area contributed by atoms with Gasteiger partial charge in [0.15, 0.2) is 5.82 Å². The molecule has 2 atom stereocenters. The van der Waals surface area contributed by atoms with E-state index in [1.807, 2.05) is 24.3 Å². The Morgan fingerprint density at radius 3 is 2.90 bits per heavy atom. The Morgan fingerprint density at radius 2 is 2.24 bits per heavy atom. The summed E-state index contributed by atoms with van der Waals surface area (Å²) in [5.41, 5.74) is 7.53. The van der Waals surface area contributed by atoms with Crippen molar-refractivity contribution in [1.82, 2.24) is 10.1 Å². The Kier molecular flexibility index (Phi) is 3.37. The number of nitrogens with two attached hydrogens (primary N) is 1. The van der Waals surface area contributed by atoms with E-state index in [-0.39, 0.29) is 17.9 Å². The number of primary amides is 1. The van der Waals surface area contributed by atoms with Gasteiger partial charge in [-0.15, -0.1) is 0 Å². The van der Waals surface area contributed by atoms with Crippen molar-refractivity contribution in [3.63, 3.8) is 0 Å².